The molecule has 0 aromatic carbocycles. The fourth-order valence-corrected chi connectivity index (χ4v) is 1.15. The van der Waals surface area contributed by atoms with E-state index in [0.717, 1.165) is 12.3 Å². The zero-order valence-corrected chi connectivity index (χ0v) is 9.12. The van der Waals surface area contributed by atoms with Crippen LogP contribution in [-0.4, -0.2) is 30.8 Å². The van der Waals surface area contributed by atoms with Gasteiger partial charge in [0.1, 0.15) is 0 Å². The van der Waals surface area contributed by atoms with E-state index in [1.165, 1.54) is 13.0 Å². The smallest absolute Gasteiger partial charge is 0.00668 e. The lowest BCUT2D eigenvalue weighted by atomic mass is 9.92. The number of hydrogen-bond donors (Lipinski definition) is 1. The fraction of sp³-hybridized carbons (Fsp3) is 1.00. The zero-order valence-electron chi connectivity index (χ0n) is 8.22. The first-order valence-corrected chi connectivity index (χ1v) is 4.88. The molecule has 11 heavy (non-hydrogen) atoms. The third-order valence-electron chi connectivity index (χ3n) is 1.73. The first-order chi connectivity index (χ1) is 4.95. The Morgan fingerprint density at radius 3 is 2.09 bits per heavy atom. The van der Waals surface area contributed by atoms with Crippen molar-refractivity contribution < 1.29 is 0 Å². The highest BCUT2D eigenvalue weighted by molar-refractivity contribution is 7.80. The van der Waals surface area contributed by atoms with Gasteiger partial charge in [-0.15, -0.1) is 0 Å². The molecule has 0 saturated carbocycles. The van der Waals surface area contributed by atoms with Gasteiger partial charge in [0.25, 0.3) is 0 Å². The Bertz CT molecular complexity index is 96.2. The average molecular weight is 175 g/mol. The van der Waals surface area contributed by atoms with E-state index in [1.54, 1.807) is 0 Å². The van der Waals surface area contributed by atoms with E-state index in [2.05, 4.69) is 45.3 Å². The Morgan fingerprint density at radius 1 is 1.18 bits per heavy atom. The van der Waals surface area contributed by atoms with Gasteiger partial charge in [0.2, 0.25) is 0 Å². The van der Waals surface area contributed by atoms with Gasteiger partial charge in [0.15, 0.2) is 0 Å². The van der Waals surface area contributed by atoms with Crippen LogP contribution in [0.1, 0.15) is 27.2 Å². The summed E-state index contributed by atoms with van der Waals surface area (Å²) in [5, 5.41) is 0. The van der Waals surface area contributed by atoms with Crippen molar-refractivity contribution >= 4 is 12.6 Å². The monoisotopic (exact) mass is 175 g/mol. The second-order valence-electron chi connectivity index (χ2n) is 4.34. The number of thiol groups is 1. The predicted octanol–water partition coefficient (Wildman–Crippen LogP) is 2.28. The standard InChI is InChI=1S/C9H21NS/c1-9(2,3)5-6-10(4)7-8-11/h11H,5-8H2,1-4H3. The summed E-state index contributed by atoms with van der Waals surface area (Å²) in [6, 6.07) is 0. The molecule has 0 fully saturated rings. The summed E-state index contributed by atoms with van der Waals surface area (Å²) in [6.07, 6.45) is 1.26. The molecule has 0 atom stereocenters. The van der Waals surface area contributed by atoms with Crippen molar-refractivity contribution in [3.05, 3.63) is 0 Å². The number of rotatable bonds is 4. The lowest BCUT2D eigenvalue weighted by Gasteiger charge is -2.22. The minimum absolute atomic E-state index is 0.463. The Hall–Kier alpha value is 0.310. The molecule has 0 rings (SSSR count). The van der Waals surface area contributed by atoms with E-state index in [-0.39, 0.29) is 0 Å². The summed E-state index contributed by atoms with van der Waals surface area (Å²) in [6.45, 7) is 9.12. The van der Waals surface area contributed by atoms with Gasteiger partial charge in [-0.1, -0.05) is 20.8 Å². The van der Waals surface area contributed by atoms with Gasteiger partial charge < -0.3 is 4.90 Å². The summed E-state index contributed by atoms with van der Waals surface area (Å²) in [7, 11) is 2.15. The van der Waals surface area contributed by atoms with Gasteiger partial charge in [0.05, 0.1) is 0 Å². The lowest BCUT2D eigenvalue weighted by Crippen LogP contribution is -2.25. The van der Waals surface area contributed by atoms with Gasteiger partial charge in [-0.2, -0.15) is 12.6 Å². The van der Waals surface area contributed by atoms with Crippen molar-refractivity contribution in [2.24, 2.45) is 5.41 Å². The minimum atomic E-state index is 0.463. The summed E-state index contributed by atoms with van der Waals surface area (Å²) >= 11 is 4.18. The molecule has 0 bridgehead atoms. The van der Waals surface area contributed by atoms with E-state index < -0.39 is 0 Å². The molecule has 0 aliphatic heterocycles. The first-order valence-electron chi connectivity index (χ1n) is 4.25. The summed E-state index contributed by atoms with van der Waals surface area (Å²) in [4.78, 5) is 2.33. The molecule has 0 N–H and O–H groups in total. The van der Waals surface area contributed by atoms with E-state index in [1.807, 2.05) is 0 Å². The van der Waals surface area contributed by atoms with Crippen LogP contribution in [0.4, 0.5) is 0 Å². The molecule has 1 nitrogen and oxygen atoms in total. The fourth-order valence-electron chi connectivity index (χ4n) is 0.809. The second kappa shape index (κ2) is 5.04. The molecule has 0 spiro atoms. The molecule has 2 heteroatoms. The Labute approximate surface area is 76.6 Å². The van der Waals surface area contributed by atoms with E-state index in [9.17, 15) is 0 Å². The zero-order chi connectivity index (χ0) is 8.91. The van der Waals surface area contributed by atoms with Crippen molar-refractivity contribution in [2.75, 3.05) is 25.9 Å². The topological polar surface area (TPSA) is 3.24 Å². The summed E-state index contributed by atoms with van der Waals surface area (Å²) < 4.78 is 0. The lowest BCUT2D eigenvalue weighted by molar-refractivity contribution is 0.275. The molecule has 0 unspecified atom stereocenters. The van der Waals surface area contributed by atoms with Crippen LogP contribution >= 0.6 is 12.6 Å². The highest BCUT2D eigenvalue weighted by Crippen LogP contribution is 2.18. The first kappa shape index (κ1) is 11.3. The van der Waals surface area contributed by atoms with Crippen LogP contribution in [0.15, 0.2) is 0 Å². The molecule has 68 valence electrons. The van der Waals surface area contributed by atoms with Crippen LogP contribution in [-0.2, 0) is 0 Å². The van der Waals surface area contributed by atoms with E-state index >= 15 is 0 Å². The van der Waals surface area contributed by atoms with E-state index in [4.69, 9.17) is 0 Å². The van der Waals surface area contributed by atoms with Gasteiger partial charge in [-0.05, 0) is 25.4 Å². The predicted molar refractivity (Wildman–Crippen MR) is 55.4 cm³/mol. The van der Waals surface area contributed by atoms with Crippen LogP contribution in [0.25, 0.3) is 0 Å². The molecule has 0 aromatic heterocycles. The Kier molecular flexibility index (Phi) is 5.19. The van der Waals surface area contributed by atoms with Crippen LogP contribution in [0.3, 0.4) is 0 Å². The molecular weight excluding hydrogens is 154 g/mol. The highest BCUT2D eigenvalue weighted by Gasteiger charge is 2.10. The van der Waals surface area contributed by atoms with Gasteiger partial charge in [-0.25, -0.2) is 0 Å². The average Bonchev–Trinajstić information content (AvgIpc) is 1.83. The maximum absolute atomic E-state index is 4.18. The van der Waals surface area contributed by atoms with Crippen LogP contribution in [0, 0.1) is 5.41 Å². The van der Waals surface area contributed by atoms with Crippen molar-refractivity contribution in [3.8, 4) is 0 Å². The molecule has 0 aliphatic rings. The van der Waals surface area contributed by atoms with Crippen LogP contribution in [0.5, 0.6) is 0 Å². The highest BCUT2D eigenvalue weighted by atomic mass is 32.1. The maximum Gasteiger partial charge on any atom is 0.00668 e. The molecular formula is C9H21NS. The molecule has 0 aliphatic carbocycles. The van der Waals surface area contributed by atoms with Crippen LogP contribution in [0.2, 0.25) is 0 Å². The molecule has 0 radical (unpaired) electrons. The van der Waals surface area contributed by atoms with Crippen molar-refractivity contribution in [1.29, 1.82) is 0 Å². The van der Waals surface area contributed by atoms with Gasteiger partial charge >= 0.3 is 0 Å². The SMILES string of the molecule is CN(CCS)CCC(C)(C)C. The van der Waals surface area contributed by atoms with Crippen molar-refractivity contribution in [1.82, 2.24) is 4.90 Å². The third-order valence-corrected chi connectivity index (χ3v) is 1.93. The van der Waals surface area contributed by atoms with Gasteiger partial charge in [-0.3, -0.25) is 0 Å². The molecule has 0 heterocycles. The Morgan fingerprint density at radius 2 is 1.73 bits per heavy atom. The second-order valence-corrected chi connectivity index (χ2v) is 4.78. The normalized spacial score (nSPS) is 12.5. The minimum Gasteiger partial charge on any atom is -0.306 e. The molecule has 0 saturated heterocycles. The van der Waals surface area contributed by atoms with Gasteiger partial charge in [0, 0.05) is 12.3 Å². The molecule has 0 amide bonds. The number of hydrogen-bond acceptors (Lipinski definition) is 2. The van der Waals surface area contributed by atoms with Crippen LogP contribution < -0.4 is 0 Å². The summed E-state index contributed by atoms with van der Waals surface area (Å²) in [5.41, 5.74) is 0.463. The molecule has 0 aromatic rings. The largest absolute Gasteiger partial charge is 0.306 e. The number of nitrogens with zero attached hydrogens (tertiary/aromatic N) is 1. The van der Waals surface area contributed by atoms with Crippen molar-refractivity contribution in [2.45, 2.75) is 27.2 Å². The quantitative estimate of drug-likeness (QED) is 0.642. The third kappa shape index (κ3) is 8.21. The van der Waals surface area contributed by atoms with E-state index in [0.29, 0.717) is 5.41 Å². The maximum atomic E-state index is 4.18. The van der Waals surface area contributed by atoms with Crippen molar-refractivity contribution in [3.63, 3.8) is 0 Å². The summed E-state index contributed by atoms with van der Waals surface area (Å²) in [5.74, 6) is 0.959. The Balaban J connectivity index is 3.38.